The Kier molecular flexibility index (Phi) is 7.37. The Morgan fingerprint density at radius 1 is 0.960 bits per heavy atom. The van der Waals surface area contributed by atoms with Crippen LogP contribution in [-0.4, -0.2) is 32.1 Å². The lowest BCUT2D eigenvalue weighted by atomic mass is 10.1. The average molecular weight is 357 g/mol. The Labute approximate surface area is 152 Å². The van der Waals surface area contributed by atoms with Gasteiger partial charge in [-0.2, -0.15) is 0 Å². The molecule has 2 rings (SSSR count). The largest absolute Gasteiger partial charge is 0.497 e. The molecule has 0 saturated carbocycles. The molecule has 0 saturated heterocycles. The lowest BCUT2D eigenvalue weighted by molar-refractivity contribution is 0.414. The zero-order valence-electron chi connectivity index (χ0n) is 14.4. The molecule has 0 bridgehead atoms. The third-order valence-electron chi connectivity index (χ3n) is 3.51. The van der Waals surface area contributed by atoms with Gasteiger partial charge in [0.25, 0.3) is 0 Å². The quantitative estimate of drug-likeness (QED) is 0.328. The number of rotatable bonds is 8. The summed E-state index contributed by atoms with van der Waals surface area (Å²) in [6, 6.07) is 15.2. The summed E-state index contributed by atoms with van der Waals surface area (Å²) in [4.78, 5) is 4.57. The fourth-order valence-electron chi connectivity index (χ4n) is 2.17. The van der Waals surface area contributed by atoms with Crippen molar-refractivity contribution in [3.63, 3.8) is 0 Å². The first-order valence-electron chi connectivity index (χ1n) is 7.82. The molecular weight excluding hydrogens is 334 g/mol. The maximum absolute atomic E-state index is 6.41. The van der Waals surface area contributed by atoms with Crippen molar-refractivity contribution in [2.75, 3.05) is 26.5 Å². The van der Waals surface area contributed by atoms with E-state index < -0.39 is 0 Å². The molecular formula is C19H23N3O2S. The summed E-state index contributed by atoms with van der Waals surface area (Å²) in [5, 5.41) is 0. The number of nitrogens with zero attached hydrogens (tertiary/aromatic N) is 1. The van der Waals surface area contributed by atoms with Gasteiger partial charge in [-0.05, 0) is 54.1 Å². The predicted molar refractivity (Wildman–Crippen MR) is 107 cm³/mol. The third kappa shape index (κ3) is 5.27. The van der Waals surface area contributed by atoms with Gasteiger partial charge in [0.15, 0.2) is 0 Å². The second kappa shape index (κ2) is 9.76. The van der Waals surface area contributed by atoms with E-state index in [2.05, 4.69) is 4.99 Å². The second-order valence-electron chi connectivity index (χ2n) is 5.11. The second-order valence-corrected chi connectivity index (χ2v) is 6.07. The minimum Gasteiger partial charge on any atom is -0.497 e. The Morgan fingerprint density at radius 3 is 1.96 bits per heavy atom. The summed E-state index contributed by atoms with van der Waals surface area (Å²) in [6.07, 6.45) is 0. The number of benzene rings is 2. The van der Waals surface area contributed by atoms with E-state index >= 15 is 0 Å². The topological polar surface area (TPSA) is 82.9 Å². The van der Waals surface area contributed by atoms with Crippen LogP contribution < -0.4 is 20.9 Å². The van der Waals surface area contributed by atoms with Gasteiger partial charge in [-0.15, -0.1) is 11.8 Å². The van der Waals surface area contributed by atoms with Gasteiger partial charge in [-0.3, -0.25) is 0 Å². The molecule has 5 nitrogen and oxygen atoms in total. The van der Waals surface area contributed by atoms with Crippen LogP contribution in [0.1, 0.15) is 11.1 Å². The molecule has 0 radical (unpaired) electrons. The molecule has 0 atom stereocenters. The van der Waals surface area contributed by atoms with Gasteiger partial charge in [-0.1, -0.05) is 0 Å². The van der Waals surface area contributed by atoms with Crippen LogP contribution in [0.5, 0.6) is 11.5 Å². The van der Waals surface area contributed by atoms with Crippen molar-refractivity contribution < 1.29 is 9.47 Å². The van der Waals surface area contributed by atoms with Crippen LogP contribution in [0.4, 0.5) is 0 Å². The fraction of sp³-hybridized carbons (Fsp3) is 0.211. The molecule has 6 heteroatoms. The van der Waals surface area contributed by atoms with Gasteiger partial charge < -0.3 is 20.9 Å². The SMILES string of the molecule is COc1ccc(/C(N)=C(/N=CSCCN)c2ccc(OC)cc2)cc1. The number of ether oxygens (including phenoxy) is 2. The standard InChI is InChI=1S/C19H23N3O2S/c1-23-16-7-3-14(4-8-16)18(21)19(22-13-25-12-11-20)15-5-9-17(24-2)10-6-15/h3-10,13H,11-12,20-21H2,1-2H3/b19-18-,22-13?. The highest BCUT2D eigenvalue weighted by Gasteiger charge is 2.09. The van der Waals surface area contributed by atoms with Crippen molar-refractivity contribution in [1.29, 1.82) is 0 Å². The van der Waals surface area contributed by atoms with Gasteiger partial charge in [0.2, 0.25) is 0 Å². The Morgan fingerprint density at radius 2 is 1.48 bits per heavy atom. The summed E-state index contributed by atoms with van der Waals surface area (Å²) >= 11 is 1.55. The van der Waals surface area contributed by atoms with Crippen molar-refractivity contribution in [2.45, 2.75) is 0 Å². The number of nitrogens with two attached hydrogens (primary N) is 2. The molecule has 25 heavy (non-hydrogen) atoms. The molecule has 0 fully saturated rings. The molecule has 0 aliphatic carbocycles. The zero-order chi connectivity index (χ0) is 18.1. The molecule has 0 heterocycles. The van der Waals surface area contributed by atoms with Crippen molar-refractivity contribution in [2.24, 2.45) is 16.5 Å². The van der Waals surface area contributed by atoms with Crippen molar-refractivity contribution in [1.82, 2.24) is 0 Å². The Bertz CT molecular complexity index is 725. The lowest BCUT2D eigenvalue weighted by Gasteiger charge is -2.10. The summed E-state index contributed by atoms with van der Waals surface area (Å²) in [5.41, 5.74) is 16.8. The van der Waals surface area contributed by atoms with E-state index in [0.29, 0.717) is 17.9 Å². The van der Waals surface area contributed by atoms with E-state index in [9.17, 15) is 0 Å². The van der Waals surface area contributed by atoms with Gasteiger partial charge in [0, 0.05) is 17.9 Å². The van der Waals surface area contributed by atoms with Crippen LogP contribution in [0.2, 0.25) is 0 Å². The molecule has 0 amide bonds. The number of hydrogen-bond acceptors (Lipinski definition) is 6. The van der Waals surface area contributed by atoms with Crippen molar-refractivity contribution in [3.8, 4) is 11.5 Å². The van der Waals surface area contributed by atoms with Gasteiger partial charge in [0.05, 0.1) is 31.2 Å². The minimum absolute atomic E-state index is 0.595. The molecule has 0 aromatic heterocycles. The Hall–Kier alpha value is -2.44. The molecule has 0 unspecified atom stereocenters. The molecule has 0 spiro atoms. The van der Waals surface area contributed by atoms with E-state index in [-0.39, 0.29) is 0 Å². The van der Waals surface area contributed by atoms with Gasteiger partial charge in [0.1, 0.15) is 11.5 Å². The van der Waals surface area contributed by atoms with Gasteiger partial charge >= 0.3 is 0 Å². The van der Waals surface area contributed by atoms with Gasteiger partial charge in [-0.25, -0.2) is 4.99 Å². The summed E-state index contributed by atoms with van der Waals surface area (Å²) in [5.74, 6) is 2.37. The third-order valence-corrected chi connectivity index (χ3v) is 4.24. The van der Waals surface area contributed by atoms with E-state index in [1.54, 1.807) is 31.5 Å². The van der Waals surface area contributed by atoms with Crippen molar-refractivity contribution >= 4 is 28.7 Å². The predicted octanol–water partition coefficient (Wildman–Crippen LogP) is 3.21. The average Bonchev–Trinajstić information content (AvgIpc) is 2.68. The summed E-state index contributed by atoms with van der Waals surface area (Å²) in [6.45, 7) is 0.603. The number of aliphatic imine (C=N–C) groups is 1. The summed E-state index contributed by atoms with van der Waals surface area (Å²) in [7, 11) is 3.27. The van der Waals surface area contributed by atoms with Crippen LogP contribution in [-0.2, 0) is 0 Å². The minimum atomic E-state index is 0.595. The van der Waals surface area contributed by atoms with Crippen LogP contribution in [0.15, 0.2) is 53.5 Å². The number of hydrogen-bond donors (Lipinski definition) is 2. The van der Waals surface area contributed by atoms with E-state index in [0.717, 1.165) is 28.4 Å². The lowest BCUT2D eigenvalue weighted by Crippen LogP contribution is -2.02. The van der Waals surface area contributed by atoms with Crippen LogP contribution >= 0.6 is 11.8 Å². The number of thioether (sulfide) groups is 1. The highest BCUT2D eigenvalue weighted by Crippen LogP contribution is 2.27. The first kappa shape index (κ1) is 18.9. The van der Waals surface area contributed by atoms with E-state index in [1.165, 1.54) is 0 Å². The summed E-state index contributed by atoms with van der Waals surface area (Å²) < 4.78 is 10.4. The normalized spacial score (nSPS) is 12.1. The van der Waals surface area contributed by atoms with E-state index in [4.69, 9.17) is 20.9 Å². The molecule has 4 N–H and O–H groups in total. The highest BCUT2D eigenvalue weighted by atomic mass is 32.2. The first-order valence-corrected chi connectivity index (χ1v) is 8.87. The maximum Gasteiger partial charge on any atom is 0.118 e. The van der Waals surface area contributed by atoms with Crippen LogP contribution in [0.3, 0.4) is 0 Å². The zero-order valence-corrected chi connectivity index (χ0v) is 15.3. The first-order chi connectivity index (χ1) is 12.2. The van der Waals surface area contributed by atoms with E-state index in [1.807, 2.05) is 48.5 Å². The fourth-order valence-corrected chi connectivity index (χ4v) is 2.59. The molecule has 2 aromatic rings. The molecule has 2 aromatic carbocycles. The smallest absolute Gasteiger partial charge is 0.118 e. The maximum atomic E-state index is 6.41. The van der Waals surface area contributed by atoms with Crippen LogP contribution in [0, 0.1) is 0 Å². The number of methoxy groups -OCH3 is 2. The van der Waals surface area contributed by atoms with Crippen LogP contribution in [0.25, 0.3) is 11.4 Å². The van der Waals surface area contributed by atoms with Crippen molar-refractivity contribution in [3.05, 3.63) is 59.7 Å². The highest BCUT2D eigenvalue weighted by molar-refractivity contribution is 8.12. The molecule has 132 valence electrons. The monoisotopic (exact) mass is 357 g/mol. The molecule has 0 aliphatic rings. The molecule has 0 aliphatic heterocycles. The Balaban J connectivity index is 2.41.